The van der Waals surface area contributed by atoms with Crippen LogP contribution in [0, 0.1) is 0 Å². The molecule has 1 aromatic heterocycles. The topological polar surface area (TPSA) is 31.4 Å². The lowest BCUT2D eigenvalue weighted by Crippen LogP contribution is -2.35. The number of halogens is 1. The fourth-order valence-electron chi connectivity index (χ4n) is 1.90. The van der Waals surface area contributed by atoms with E-state index >= 15 is 0 Å². The van der Waals surface area contributed by atoms with Crippen molar-refractivity contribution in [3.8, 4) is 0 Å². The Bertz CT molecular complexity index is 440. The van der Waals surface area contributed by atoms with E-state index in [0.717, 1.165) is 36.0 Å². The molecule has 0 fully saturated rings. The summed E-state index contributed by atoms with van der Waals surface area (Å²) in [6, 6.07) is 3.92. The van der Waals surface area contributed by atoms with E-state index in [0.29, 0.717) is 6.54 Å². The van der Waals surface area contributed by atoms with Crippen LogP contribution in [0.2, 0.25) is 5.02 Å². The van der Waals surface area contributed by atoms with Crippen LogP contribution in [0.15, 0.2) is 12.1 Å². The number of rotatable bonds is 7. The maximum absolute atomic E-state index is 6.25. The lowest BCUT2D eigenvalue weighted by atomic mass is 10.1. The van der Waals surface area contributed by atoms with E-state index in [9.17, 15) is 0 Å². The monoisotopic (exact) mass is 312 g/mol. The van der Waals surface area contributed by atoms with Crippen LogP contribution in [0.3, 0.4) is 0 Å². The van der Waals surface area contributed by atoms with Crippen molar-refractivity contribution in [2.24, 2.45) is 0 Å². The first-order valence-corrected chi connectivity index (χ1v) is 7.83. The number of aromatic nitrogens is 1. The summed E-state index contributed by atoms with van der Waals surface area (Å²) in [4.78, 5) is 9.07. The van der Waals surface area contributed by atoms with Crippen molar-refractivity contribution in [3.63, 3.8) is 0 Å². The van der Waals surface area contributed by atoms with Gasteiger partial charge >= 0.3 is 0 Å². The molecule has 0 aliphatic heterocycles. The molecule has 0 aliphatic carbocycles. The zero-order chi connectivity index (χ0) is 16.0. The second kappa shape index (κ2) is 7.97. The van der Waals surface area contributed by atoms with E-state index in [4.69, 9.17) is 16.6 Å². The zero-order valence-electron chi connectivity index (χ0n) is 14.2. The van der Waals surface area contributed by atoms with Crippen LogP contribution in [0.1, 0.15) is 32.9 Å². The van der Waals surface area contributed by atoms with Crippen molar-refractivity contribution in [1.29, 1.82) is 0 Å². The fourth-order valence-corrected chi connectivity index (χ4v) is 2.07. The maximum atomic E-state index is 6.25. The first-order valence-electron chi connectivity index (χ1n) is 7.45. The third kappa shape index (κ3) is 7.11. The molecule has 0 aromatic carbocycles. The summed E-state index contributed by atoms with van der Waals surface area (Å²) in [5, 5.41) is 4.15. The smallest absolute Gasteiger partial charge is 0.128 e. The van der Waals surface area contributed by atoms with Gasteiger partial charge in [0.05, 0.1) is 10.7 Å². The molecule has 4 nitrogen and oxygen atoms in total. The third-order valence-electron chi connectivity index (χ3n) is 3.18. The van der Waals surface area contributed by atoms with Gasteiger partial charge in [-0.2, -0.15) is 0 Å². The average Bonchev–Trinajstić information content (AvgIpc) is 2.36. The lowest BCUT2D eigenvalue weighted by molar-refractivity contribution is 0.401. The summed E-state index contributed by atoms with van der Waals surface area (Å²) in [6.45, 7) is 9.16. The van der Waals surface area contributed by atoms with Crippen LogP contribution in [-0.4, -0.2) is 49.7 Å². The lowest BCUT2D eigenvalue weighted by Gasteiger charge is -2.23. The van der Waals surface area contributed by atoms with E-state index in [1.165, 1.54) is 0 Å². The van der Waals surface area contributed by atoms with E-state index in [1.54, 1.807) is 0 Å². The largest absolute Gasteiger partial charge is 0.360 e. The molecule has 0 saturated heterocycles. The Balaban J connectivity index is 2.67. The molecular formula is C16H29ClN4. The minimum absolute atomic E-state index is 0.0542. The number of nitrogens with zero attached hydrogens (tertiary/aromatic N) is 3. The molecule has 0 bridgehead atoms. The Hall–Kier alpha value is -0.840. The molecular weight excluding hydrogens is 284 g/mol. The van der Waals surface area contributed by atoms with Gasteiger partial charge in [-0.3, -0.25) is 0 Å². The molecule has 0 spiro atoms. The summed E-state index contributed by atoms with van der Waals surface area (Å²) < 4.78 is 0. The summed E-state index contributed by atoms with van der Waals surface area (Å²) in [5.74, 6) is 0.976. The minimum atomic E-state index is 0.0542. The van der Waals surface area contributed by atoms with Crippen LogP contribution in [0.5, 0.6) is 0 Å². The normalized spacial score (nSPS) is 12.0. The quantitative estimate of drug-likeness (QED) is 0.838. The van der Waals surface area contributed by atoms with Crippen LogP contribution < -0.4 is 10.2 Å². The Morgan fingerprint density at radius 1 is 1.14 bits per heavy atom. The van der Waals surface area contributed by atoms with Gasteiger partial charge < -0.3 is 15.1 Å². The number of nitrogens with one attached hydrogen (secondary N) is 1. The van der Waals surface area contributed by atoms with Gasteiger partial charge in [0.2, 0.25) is 0 Å². The molecule has 21 heavy (non-hydrogen) atoms. The van der Waals surface area contributed by atoms with Crippen LogP contribution in [-0.2, 0) is 6.54 Å². The summed E-state index contributed by atoms with van der Waals surface area (Å²) in [5.41, 5.74) is 0.960. The van der Waals surface area contributed by atoms with Crippen LogP contribution >= 0.6 is 11.6 Å². The van der Waals surface area contributed by atoms with Gasteiger partial charge in [0, 0.05) is 25.7 Å². The number of hydrogen-bond donors (Lipinski definition) is 1. The van der Waals surface area contributed by atoms with Crippen molar-refractivity contribution in [1.82, 2.24) is 15.2 Å². The van der Waals surface area contributed by atoms with E-state index in [2.05, 4.69) is 57.0 Å². The van der Waals surface area contributed by atoms with Gasteiger partial charge in [0.25, 0.3) is 0 Å². The first kappa shape index (κ1) is 18.2. The van der Waals surface area contributed by atoms with Crippen LogP contribution in [0.25, 0.3) is 0 Å². The van der Waals surface area contributed by atoms with Crippen molar-refractivity contribution in [2.75, 3.05) is 39.1 Å². The van der Waals surface area contributed by atoms with E-state index in [-0.39, 0.29) is 5.54 Å². The fraction of sp³-hybridized carbons (Fsp3) is 0.688. The predicted octanol–water partition coefficient (Wildman–Crippen LogP) is 3.01. The molecule has 5 heteroatoms. The Morgan fingerprint density at radius 3 is 2.38 bits per heavy atom. The Kier molecular flexibility index (Phi) is 6.91. The molecule has 120 valence electrons. The highest BCUT2D eigenvalue weighted by molar-refractivity contribution is 6.31. The summed E-state index contributed by atoms with van der Waals surface area (Å²) in [7, 11) is 6.26. The number of anilines is 1. The molecule has 1 aromatic rings. The molecule has 1 N–H and O–H groups in total. The predicted molar refractivity (Wildman–Crippen MR) is 92.3 cm³/mol. The van der Waals surface area contributed by atoms with E-state index < -0.39 is 0 Å². The average molecular weight is 313 g/mol. The molecule has 0 aliphatic rings. The van der Waals surface area contributed by atoms with Gasteiger partial charge in [-0.25, -0.2) is 4.98 Å². The highest BCUT2D eigenvalue weighted by Crippen LogP contribution is 2.19. The number of hydrogen-bond acceptors (Lipinski definition) is 4. The maximum Gasteiger partial charge on any atom is 0.128 e. The zero-order valence-corrected chi connectivity index (χ0v) is 15.0. The minimum Gasteiger partial charge on any atom is -0.360 e. The Morgan fingerprint density at radius 2 is 1.81 bits per heavy atom. The number of pyridine rings is 1. The molecule has 0 atom stereocenters. The van der Waals surface area contributed by atoms with Crippen molar-refractivity contribution < 1.29 is 0 Å². The standard InChI is InChI=1S/C16H29ClN4/c1-16(2,3)18-12-14-13(17)8-9-15(19-14)21(6)11-7-10-20(4)5/h8-9,18H,7,10-12H2,1-6H3. The van der Waals surface area contributed by atoms with E-state index in [1.807, 2.05) is 12.1 Å². The second-order valence-electron chi connectivity index (χ2n) is 6.78. The van der Waals surface area contributed by atoms with Crippen molar-refractivity contribution in [3.05, 3.63) is 22.8 Å². The summed E-state index contributed by atoms with van der Waals surface area (Å²) >= 11 is 6.25. The van der Waals surface area contributed by atoms with Crippen LogP contribution in [0.4, 0.5) is 5.82 Å². The Labute approximate surface area is 134 Å². The van der Waals surface area contributed by atoms with Gasteiger partial charge in [0.1, 0.15) is 5.82 Å². The molecule has 0 radical (unpaired) electrons. The van der Waals surface area contributed by atoms with Gasteiger partial charge in [0.15, 0.2) is 0 Å². The van der Waals surface area contributed by atoms with Gasteiger partial charge in [-0.1, -0.05) is 11.6 Å². The molecule has 0 saturated carbocycles. The van der Waals surface area contributed by atoms with Gasteiger partial charge in [-0.05, 0) is 60.0 Å². The first-order chi connectivity index (χ1) is 9.69. The highest BCUT2D eigenvalue weighted by Gasteiger charge is 2.12. The van der Waals surface area contributed by atoms with Crippen molar-refractivity contribution in [2.45, 2.75) is 39.3 Å². The summed E-state index contributed by atoms with van der Waals surface area (Å²) in [6.07, 6.45) is 1.11. The molecule has 0 amide bonds. The molecule has 1 rings (SSSR count). The molecule has 0 unspecified atom stereocenters. The third-order valence-corrected chi connectivity index (χ3v) is 3.52. The second-order valence-corrected chi connectivity index (χ2v) is 7.19. The molecule has 1 heterocycles. The van der Waals surface area contributed by atoms with Gasteiger partial charge in [-0.15, -0.1) is 0 Å². The SMILES string of the molecule is CN(C)CCCN(C)c1ccc(Cl)c(CNC(C)(C)C)n1. The van der Waals surface area contributed by atoms with Crippen molar-refractivity contribution >= 4 is 17.4 Å². The highest BCUT2D eigenvalue weighted by atomic mass is 35.5.